The maximum absolute atomic E-state index is 12.5. The molecule has 0 bridgehead atoms. The molecule has 18 heavy (non-hydrogen) atoms. The minimum Gasteiger partial charge on any atom is -0.368 e. The van der Waals surface area contributed by atoms with E-state index in [2.05, 4.69) is 0 Å². The van der Waals surface area contributed by atoms with Gasteiger partial charge in [0.15, 0.2) is 0 Å². The van der Waals surface area contributed by atoms with Crippen LogP contribution in [0.25, 0.3) is 0 Å². The predicted molar refractivity (Wildman–Crippen MR) is 64.0 cm³/mol. The van der Waals surface area contributed by atoms with Crippen LogP contribution in [-0.2, 0) is 16.5 Å². The number of nitrogens with two attached hydrogens (primary N) is 2. The van der Waals surface area contributed by atoms with Gasteiger partial charge >= 0.3 is 6.18 Å². The summed E-state index contributed by atoms with van der Waals surface area (Å²) in [4.78, 5) is 11.2. The maximum Gasteiger partial charge on any atom is 0.416 e. The zero-order valence-electron chi connectivity index (χ0n) is 9.62. The Morgan fingerprint density at radius 1 is 1.28 bits per heavy atom. The van der Waals surface area contributed by atoms with Gasteiger partial charge in [-0.1, -0.05) is 19.1 Å². The van der Waals surface area contributed by atoms with E-state index in [-0.39, 0.29) is 24.4 Å². The van der Waals surface area contributed by atoms with Gasteiger partial charge in [0.25, 0.3) is 0 Å². The molecule has 0 aliphatic heterocycles. The van der Waals surface area contributed by atoms with Crippen LogP contribution in [0.2, 0.25) is 0 Å². The molecule has 1 atom stereocenters. The summed E-state index contributed by atoms with van der Waals surface area (Å²) in [6.45, 7) is 1.59. The number of alkyl halides is 3. The number of hydrogen-bond donors (Lipinski definition) is 2. The summed E-state index contributed by atoms with van der Waals surface area (Å²) in [6.07, 6.45) is -4.34. The molecule has 1 rings (SSSR count). The summed E-state index contributed by atoms with van der Waals surface area (Å²) >= 11 is 0. The number of carbonyl (C=O) groups excluding carboxylic acids is 1. The SMILES string of the molecule is CCC(N)(C(N)=O)c1cccc(C(F)(F)F)c1.Cl. The first kappa shape index (κ1) is 16.7. The number of amides is 1. The van der Waals surface area contributed by atoms with E-state index in [0.29, 0.717) is 0 Å². The standard InChI is InChI=1S/C11H13F3N2O.ClH/c1-2-10(16,9(15)17)7-4-3-5-8(6-7)11(12,13)14;/h3-6H,2,16H2,1H3,(H2,15,17);1H. The van der Waals surface area contributed by atoms with E-state index in [1.54, 1.807) is 6.92 Å². The predicted octanol–water partition coefficient (Wildman–Crippen LogP) is 2.18. The van der Waals surface area contributed by atoms with Gasteiger partial charge < -0.3 is 11.5 Å². The molecule has 0 saturated carbocycles. The number of rotatable bonds is 3. The molecule has 0 saturated heterocycles. The number of benzene rings is 1. The summed E-state index contributed by atoms with van der Waals surface area (Å²) in [6, 6.07) is 4.34. The summed E-state index contributed by atoms with van der Waals surface area (Å²) < 4.78 is 37.5. The van der Waals surface area contributed by atoms with E-state index >= 15 is 0 Å². The molecular formula is C11H14ClF3N2O. The van der Waals surface area contributed by atoms with Crippen molar-refractivity contribution >= 4 is 18.3 Å². The molecule has 1 amide bonds. The van der Waals surface area contributed by atoms with Crippen LogP contribution in [0, 0.1) is 0 Å². The van der Waals surface area contributed by atoms with Crippen LogP contribution in [0.1, 0.15) is 24.5 Å². The smallest absolute Gasteiger partial charge is 0.368 e. The molecule has 0 aromatic heterocycles. The molecule has 1 aromatic rings. The molecule has 0 aliphatic rings. The zero-order valence-corrected chi connectivity index (χ0v) is 10.4. The zero-order chi connectivity index (χ0) is 13.3. The third-order valence-corrected chi connectivity index (χ3v) is 2.70. The molecule has 7 heteroatoms. The van der Waals surface area contributed by atoms with Gasteiger partial charge in [0.1, 0.15) is 5.54 Å². The lowest BCUT2D eigenvalue weighted by atomic mass is 9.87. The van der Waals surface area contributed by atoms with Crippen LogP contribution in [0.15, 0.2) is 24.3 Å². The molecular weight excluding hydrogens is 269 g/mol. The number of halogens is 4. The molecule has 0 aliphatic carbocycles. The first-order chi connectivity index (χ1) is 7.71. The summed E-state index contributed by atoms with van der Waals surface area (Å²) in [5.74, 6) is -0.848. The van der Waals surface area contributed by atoms with Crippen LogP contribution < -0.4 is 11.5 Å². The third-order valence-electron chi connectivity index (χ3n) is 2.70. The molecule has 1 unspecified atom stereocenters. The van der Waals surface area contributed by atoms with E-state index in [4.69, 9.17) is 11.5 Å². The molecule has 1 aromatic carbocycles. The van der Waals surface area contributed by atoms with Crippen LogP contribution >= 0.6 is 12.4 Å². The highest BCUT2D eigenvalue weighted by molar-refractivity contribution is 5.86. The second-order valence-electron chi connectivity index (χ2n) is 3.77. The van der Waals surface area contributed by atoms with Crippen molar-refractivity contribution < 1.29 is 18.0 Å². The van der Waals surface area contributed by atoms with Crippen molar-refractivity contribution in [3.63, 3.8) is 0 Å². The molecule has 4 N–H and O–H groups in total. The van der Waals surface area contributed by atoms with Gasteiger partial charge in [-0.15, -0.1) is 12.4 Å². The van der Waals surface area contributed by atoms with E-state index in [9.17, 15) is 18.0 Å². The van der Waals surface area contributed by atoms with Gasteiger partial charge in [-0.25, -0.2) is 0 Å². The van der Waals surface area contributed by atoms with Gasteiger partial charge in [-0.3, -0.25) is 4.79 Å². The minimum atomic E-state index is -4.47. The molecule has 3 nitrogen and oxygen atoms in total. The van der Waals surface area contributed by atoms with Crippen molar-refractivity contribution in [2.75, 3.05) is 0 Å². The van der Waals surface area contributed by atoms with Crippen LogP contribution in [0.5, 0.6) is 0 Å². The second kappa shape index (κ2) is 5.58. The Bertz CT molecular complexity index is 437. The summed E-state index contributed by atoms with van der Waals surface area (Å²) in [5.41, 5.74) is 8.51. The largest absolute Gasteiger partial charge is 0.416 e. The quantitative estimate of drug-likeness (QED) is 0.892. The fourth-order valence-corrected chi connectivity index (χ4v) is 1.49. The first-order valence-corrected chi connectivity index (χ1v) is 4.98. The first-order valence-electron chi connectivity index (χ1n) is 4.98. The van der Waals surface area contributed by atoms with Gasteiger partial charge in [0.05, 0.1) is 5.56 Å². The molecule has 0 heterocycles. The van der Waals surface area contributed by atoms with Gasteiger partial charge in [0, 0.05) is 0 Å². The van der Waals surface area contributed by atoms with Gasteiger partial charge in [0.2, 0.25) is 5.91 Å². The van der Waals surface area contributed by atoms with Gasteiger partial charge in [-0.05, 0) is 24.1 Å². The maximum atomic E-state index is 12.5. The second-order valence-corrected chi connectivity index (χ2v) is 3.77. The van der Waals surface area contributed by atoms with Crippen molar-refractivity contribution in [2.24, 2.45) is 11.5 Å². The molecule has 0 fully saturated rings. The van der Waals surface area contributed by atoms with E-state index < -0.39 is 23.2 Å². The van der Waals surface area contributed by atoms with Crippen LogP contribution in [0.3, 0.4) is 0 Å². The Kier molecular flexibility index (Phi) is 5.19. The Balaban J connectivity index is 0.00000289. The lowest BCUT2D eigenvalue weighted by Crippen LogP contribution is -2.48. The fraction of sp³-hybridized carbons (Fsp3) is 0.364. The lowest BCUT2D eigenvalue weighted by Gasteiger charge is -2.25. The average molecular weight is 283 g/mol. The third kappa shape index (κ3) is 3.14. The van der Waals surface area contributed by atoms with Crippen molar-refractivity contribution in [1.29, 1.82) is 0 Å². The topological polar surface area (TPSA) is 69.1 Å². The van der Waals surface area contributed by atoms with Gasteiger partial charge in [-0.2, -0.15) is 13.2 Å². The summed E-state index contributed by atoms with van der Waals surface area (Å²) in [5, 5.41) is 0. The monoisotopic (exact) mass is 282 g/mol. The van der Waals surface area contributed by atoms with Crippen molar-refractivity contribution in [3.8, 4) is 0 Å². The van der Waals surface area contributed by atoms with Crippen LogP contribution in [-0.4, -0.2) is 5.91 Å². The molecule has 102 valence electrons. The van der Waals surface area contributed by atoms with E-state index in [1.807, 2.05) is 0 Å². The highest BCUT2D eigenvalue weighted by Crippen LogP contribution is 2.32. The minimum absolute atomic E-state index is 0. The Morgan fingerprint density at radius 3 is 2.17 bits per heavy atom. The van der Waals surface area contributed by atoms with Crippen molar-refractivity contribution in [2.45, 2.75) is 25.1 Å². The Hall–Kier alpha value is -1.27. The average Bonchev–Trinajstić information content (AvgIpc) is 2.26. The number of hydrogen-bond acceptors (Lipinski definition) is 2. The molecule has 0 spiro atoms. The fourth-order valence-electron chi connectivity index (χ4n) is 1.49. The Morgan fingerprint density at radius 2 is 1.78 bits per heavy atom. The number of primary amides is 1. The Labute approximate surface area is 109 Å². The van der Waals surface area contributed by atoms with E-state index in [0.717, 1.165) is 12.1 Å². The van der Waals surface area contributed by atoms with E-state index in [1.165, 1.54) is 12.1 Å². The highest BCUT2D eigenvalue weighted by Gasteiger charge is 2.36. The summed E-state index contributed by atoms with van der Waals surface area (Å²) in [7, 11) is 0. The lowest BCUT2D eigenvalue weighted by molar-refractivity contribution is -0.137. The normalized spacial score (nSPS) is 14.5. The van der Waals surface area contributed by atoms with Crippen LogP contribution in [0.4, 0.5) is 13.2 Å². The van der Waals surface area contributed by atoms with Crippen molar-refractivity contribution in [3.05, 3.63) is 35.4 Å². The molecule has 0 radical (unpaired) electrons. The highest BCUT2D eigenvalue weighted by atomic mass is 35.5. The van der Waals surface area contributed by atoms with Crippen molar-refractivity contribution in [1.82, 2.24) is 0 Å². The number of carbonyl (C=O) groups is 1.